The molecule has 0 aliphatic carbocycles. The van der Waals surface area contributed by atoms with Crippen LogP contribution < -0.4 is 10.6 Å². The van der Waals surface area contributed by atoms with E-state index in [4.69, 9.17) is 9.47 Å². The van der Waals surface area contributed by atoms with Crippen LogP contribution in [-0.2, 0) is 9.47 Å². The molecule has 0 rings (SSSR count). The molecule has 0 atom stereocenters. The second kappa shape index (κ2) is 17.9. The lowest BCUT2D eigenvalue weighted by Crippen LogP contribution is -2.38. The molecule has 0 amide bonds. The van der Waals surface area contributed by atoms with Crippen molar-refractivity contribution in [1.82, 2.24) is 10.6 Å². The third kappa shape index (κ3) is 15.9. The van der Waals surface area contributed by atoms with Gasteiger partial charge in [-0.2, -0.15) is 0 Å². The molecule has 0 aromatic rings. The number of rotatable bonds is 11. The van der Waals surface area contributed by atoms with Crippen molar-refractivity contribution in [1.29, 1.82) is 0 Å². The van der Waals surface area contributed by atoms with Gasteiger partial charge in [-0.15, -0.1) is 24.0 Å². The van der Waals surface area contributed by atoms with Crippen LogP contribution in [0.15, 0.2) is 4.99 Å². The Morgan fingerprint density at radius 1 is 1.00 bits per heavy atom. The summed E-state index contributed by atoms with van der Waals surface area (Å²) in [5, 5.41) is 6.56. The minimum absolute atomic E-state index is 0. The van der Waals surface area contributed by atoms with Crippen molar-refractivity contribution in [3.05, 3.63) is 0 Å². The van der Waals surface area contributed by atoms with Gasteiger partial charge in [0.15, 0.2) is 5.96 Å². The fraction of sp³-hybridized carbons (Fsp3) is 0.923. The summed E-state index contributed by atoms with van der Waals surface area (Å²) in [4.78, 5) is 4.17. The minimum atomic E-state index is 0. The average Bonchev–Trinajstić information content (AvgIpc) is 2.40. The molecule has 0 bridgehead atoms. The van der Waals surface area contributed by atoms with Crippen LogP contribution in [0.4, 0.5) is 0 Å². The van der Waals surface area contributed by atoms with Crippen molar-refractivity contribution in [3.8, 4) is 0 Å². The maximum Gasteiger partial charge on any atom is 0.190 e. The molecule has 0 heterocycles. The van der Waals surface area contributed by atoms with Crippen LogP contribution in [0.2, 0.25) is 0 Å². The van der Waals surface area contributed by atoms with Gasteiger partial charge in [0.25, 0.3) is 0 Å². The number of nitrogens with one attached hydrogen (secondary N) is 2. The molecule has 0 aliphatic rings. The Hall–Kier alpha value is -0.0800. The molecule has 2 N–H and O–H groups in total. The zero-order valence-electron chi connectivity index (χ0n) is 12.5. The number of halogens is 1. The maximum atomic E-state index is 5.38. The molecule has 5 nitrogen and oxygen atoms in total. The molecule has 0 unspecified atom stereocenters. The monoisotopic (exact) mass is 387 g/mol. The molecule has 0 aliphatic heterocycles. The van der Waals surface area contributed by atoms with Crippen molar-refractivity contribution < 1.29 is 9.47 Å². The summed E-state index contributed by atoms with van der Waals surface area (Å²) in [6, 6.07) is 0. The van der Waals surface area contributed by atoms with E-state index < -0.39 is 0 Å². The van der Waals surface area contributed by atoms with Crippen LogP contribution in [0.1, 0.15) is 32.6 Å². The fourth-order valence-electron chi connectivity index (χ4n) is 1.43. The van der Waals surface area contributed by atoms with Gasteiger partial charge in [0, 0.05) is 33.9 Å². The normalized spacial score (nSPS) is 11.0. The van der Waals surface area contributed by atoms with Crippen LogP contribution in [0.3, 0.4) is 0 Å². The van der Waals surface area contributed by atoms with Crippen LogP contribution >= 0.6 is 24.0 Å². The Kier molecular flexibility index (Phi) is 20.0. The highest BCUT2D eigenvalue weighted by molar-refractivity contribution is 14.0. The fourth-order valence-corrected chi connectivity index (χ4v) is 1.43. The third-order valence-corrected chi connectivity index (χ3v) is 2.49. The summed E-state index contributed by atoms with van der Waals surface area (Å²) in [6.07, 6.45) is 4.67. The van der Waals surface area contributed by atoms with Gasteiger partial charge in [-0.05, 0) is 12.8 Å². The van der Waals surface area contributed by atoms with Crippen molar-refractivity contribution in [2.45, 2.75) is 32.6 Å². The summed E-state index contributed by atoms with van der Waals surface area (Å²) < 4.78 is 10.3. The maximum absolute atomic E-state index is 5.38. The summed E-state index contributed by atoms with van der Waals surface area (Å²) in [7, 11) is 3.48. The summed E-state index contributed by atoms with van der Waals surface area (Å²) in [5.74, 6) is 0.878. The van der Waals surface area contributed by atoms with E-state index in [0.29, 0.717) is 13.2 Å². The Morgan fingerprint density at radius 3 is 2.26 bits per heavy atom. The smallest absolute Gasteiger partial charge is 0.190 e. The van der Waals surface area contributed by atoms with Crippen LogP contribution in [0, 0.1) is 0 Å². The zero-order chi connectivity index (χ0) is 13.5. The van der Waals surface area contributed by atoms with E-state index in [1.54, 1.807) is 14.2 Å². The molecule has 0 saturated carbocycles. The highest BCUT2D eigenvalue weighted by Crippen LogP contribution is 1.90. The minimum Gasteiger partial charge on any atom is -0.382 e. The number of methoxy groups -OCH3 is 1. The lowest BCUT2D eigenvalue weighted by atomic mass is 10.2. The van der Waals surface area contributed by atoms with Crippen LogP contribution in [0.25, 0.3) is 0 Å². The number of hydrogen-bond donors (Lipinski definition) is 2. The highest BCUT2D eigenvalue weighted by Gasteiger charge is 1.96. The van der Waals surface area contributed by atoms with Crippen molar-refractivity contribution in [2.24, 2.45) is 4.99 Å². The number of aliphatic imine (C=N–C) groups is 1. The van der Waals surface area contributed by atoms with E-state index in [2.05, 4.69) is 22.5 Å². The first-order valence-electron chi connectivity index (χ1n) is 6.86. The molecule has 116 valence electrons. The van der Waals surface area contributed by atoms with Gasteiger partial charge in [0.05, 0.1) is 13.2 Å². The molecule has 0 radical (unpaired) electrons. The first-order valence-corrected chi connectivity index (χ1v) is 6.86. The third-order valence-electron chi connectivity index (χ3n) is 2.49. The van der Waals surface area contributed by atoms with E-state index >= 15 is 0 Å². The largest absolute Gasteiger partial charge is 0.382 e. The van der Waals surface area contributed by atoms with E-state index in [0.717, 1.165) is 32.1 Å². The molecule has 0 aromatic carbocycles. The quantitative estimate of drug-likeness (QED) is 0.247. The van der Waals surface area contributed by atoms with E-state index in [9.17, 15) is 0 Å². The zero-order valence-corrected chi connectivity index (χ0v) is 14.9. The van der Waals surface area contributed by atoms with Gasteiger partial charge >= 0.3 is 0 Å². The SMILES string of the molecule is CCCCCNC(=NC)NCCCOCCOC.I. The Labute approximate surface area is 134 Å². The summed E-state index contributed by atoms with van der Waals surface area (Å²) in [5.41, 5.74) is 0. The van der Waals surface area contributed by atoms with Gasteiger partial charge < -0.3 is 20.1 Å². The van der Waals surface area contributed by atoms with Gasteiger partial charge in [-0.3, -0.25) is 4.99 Å². The number of ether oxygens (including phenoxy) is 2. The molecule has 6 heteroatoms. The molecule has 0 fully saturated rings. The standard InChI is InChI=1S/C13H29N3O2.HI/c1-4-5-6-8-15-13(14-2)16-9-7-10-18-12-11-17-3;/h4-12H2,1-3H3,(H2,14,15,16);1H. The number of unbranched alkanes of at least 4 members (excludes halogenated alkanes) is 2. The Morgan fingerprint density at radius 2 is 1.68 bits per heavy atom. The van der Waals surface area contributed by atoms with Crippen molar-refractivity contribution >= 4 is 29.9 Å². The van der Waals surface area contributed by atoms with E-state index in [1.165, 1.54) is 19.3 Å². The molecule has 0 aromatic heterocycles. The molecule has 0 spiro atoms. The van der Waals surface area contributed by atoms with Crippen LogP contribution in [0.5, 0.6) is 0 Å². The molecule has 0 saturated heterocycles. The van der Waals surface area contributed by atoms with Gasteiger partial charge in [-0.25, -0.2) is 0 Å². The summed E-state index contributed by atoms with van der Waals surface area (Å²) >= 11 is 0. The van der Waals surface area contributed by atoms with Crippen LogP contribution in [-0.4, -0.2) is 53.0 Å². The predicted octanol–water partition coefficient (Wildman–Crippen LogP) is 2.01. The second-order valence-corrected chi connectivity index (χ2v) is 4.09. The first kappa shape index (κ1) is 21.2. The van der Waals surface area contributed by atoms with E-state index in [1.807, 2.05) is 0 Å². The van der Waals surface area contributed by atoms with E-state index in [-0.39, 0.29) is 24.0 Å². The Bertz CT molecular complexity index is 204. The molecule has 19 heavy (non-hydrogen) atoms. The lowest BCUT2D eigenvalue weighted by Gasteiger charge is -2.11. The Balaban J connectivity index is 0. The molecular weight excluding hydrogens is 357 g/mol. The van der Waals surface area contributed by atoms with Gasteiger partial charge in [0.1, 0.15) is 0 Å². The van der Waals surface area contributed by atoms with Crippen molar-refractivity contribution in [2.75, 3.05) is 47.1 Å². The van der Waals surface area contributed by atoms with Crippen molar-refractivity contribution in [3.63, 3.8) is 0 Å². The number of guanidine groups is 1. The number of hydrogen-bond acceptors (Lipinski definition) is 3. The van der Waals surface area contributed by atoms with Gasteiger partial charge in [0.2, 0.25) is 0 Å². The predicted molar refractivity (Wildman–Crippen MR) is 91.6 cm³/mol. The molecular formula is C13H30IN3O2. The topological polar surface area (TPSA) is 54.9 Å². The lowest BCUT2D eigenvalue weighted by molar-refractivity contribution is 0.0698. The highest BCUT2D eigenvalue weighted by atomic mass is 127. The first-order chi connectivity index (χ1) is 8.85. The summed E-state index contributed by atoms with van der Waals surface area (Å²) in [6.45, 7) is 6.15. The number of nitrogens with zero attached hydrogens (tertiary/aromatic N) is 1. The second-order valence-electron chi connectivity index (χ2n) is 4.09. The van der Waals surface area contributed by atoms with Gasteiger partial charge in [-0.1, -0.05) is 19.8 Å². The average molecular weight is 387 g/mol.